The van der Waals surface area contributed by atoms with Crippen LogP contribution in [0.2, 0.25) is 0 Å². The second-order valence-electron chi connectivity index (χ2n) is 8.38. The zero-order chi connectivity index (χ0) is 22.5. The van der Waals surface area contributed by atoms with Gasteiger partial charge in [0.2, 0.25) is 11.8 Å². The molecule has 2 aromatic heterocycles. The molecule has 0 radical (unpaired) electrons. The van der Waals surface area contributed by atoms with Crippen molar-refractivity contribution in [1.82, 2.24) is 20.2 Å². The average Bonchev–Trinajstić information content (AvgIpc) is 3.43. The minimum Gasteiger partial charge on any atom is -0.361 e. The first kappa shape index (κ1) is 21.7. The Morgan fingerprint density at radius 2 is 1.41 bits per heavy atom. The van der Waals surface area contributed by atoms with Crippen molar-refractivity contribution in [2.45, 2.75) is 38.6 Å². The van der Waals surface area contributed by atoms with Gasteiger partial charge in [0.25, 0.3) is 0 Å². The number of amides is 2. The van der Waals surface area contributed by atoms with Crippen LogP contribution in [0.5, 0.6) is 0 Å². The van der Waals surface area contributed by atoms with Crippen LogP contribution in [0.1, 0.15) is 30.9 Å². The summed E-state index contributed by atoms with van der Waals surface area (Å²) in [5, 5.41) is 5.30. The lowest BCUT2D eigenvalue weighted by atomic mass is 10.1. The summed E-state index contributed by atoms with van der Waals surface area (Å²) >= 11 is 0. The van der Waals surface area contributed by atoms with Crippen LogP contribution in [0.3, 0.4) is 0 Å². The van der Waals surface area contributed by atoms with Crippen LogP contribution >= 0.6 is 0 Å². The number of carbonyl (C=O) groups is 2. The molecule has 0 aliphatic heterocycles. The summed E-state index contributed by atoms with van der Waals surface area (Å²) in [6, 6.07) is 16.2. The molecule has 4 aromatic rings. The number of para-hydroxylation sites is 2. The number of H-pyrrole nitrogens is 2. The van der Waals surface area contributed by atoms with Gasteiger partial charge in [-0.2, -0.15) is 0 Å². The van der Waals surface area contributed by atoms with Crippen LogP contribution in [0.15, 0.2) is 60.9 Å². The van der Waals surface area contributed by atoms with E-state index in [1.54, 1.807) is 11.9 Å². The number of carbonyl (C=O) groups excluding carboxylic acids is 2. The zero-order valence-electron chi connectivity index (χ0n) is 18.7. The van der Waals surface area contributed by atoms with Gasteiger partial charge in [-0.15, -0.1) is 0 Å². The fourth-order valence-electron chi connectivity index (χ4n) is 4.08. The fourth-order valence-corrected chi connectivity index (χ4v) is 4.08. The Kier molecular flexibility index (Phi) is 6.59. The maximum atomic E-state index is 12.7. The van der Waals surface area contributed by atoms with Gasteiger partial charge in [0.05, 0.1) is 0 Å². The van der Waals surface area contributed by atoms with Crippen LogP contribution in [0.25, 0.3) is 21.8 Å². The molecule has 2 aromatic carbocycles. The van der Waals surface area contributed by atoms with Crippen LogP contribution in [0, 0.1) is 0 Å². The van der Waals surface area contributed by atoms with Gasteiger partial charge in [-0.1, -0.05) is 36.4 Å². The third-order valence-corrected chi connectivity index (χ3v) is 6.23. The number of nitrogens with one attached hydrogen (secondary N) is 3. The van der Waals surface area contributed by atoms with Crippen molar-refractivity contribution >= 4 is 33.6 Å². The van der Waals surface area contributed by atoms with Crippen molar-refractivity contribution in [3.05, 3.63) is 72.1 Å². The fraction of sp³-hybridized carbons (Fsp3) is 0.308. The number of rotatable bonds is 9. The predicted molar refractivity (Wildman–Crippen MR) is 128 cm³/mol. The lowest BCUT2D eigenvalue weighted by Crippen LogP contribution is -2.43. The molecule has 6 heteroatoms. The van der Waals surface area contributed by atoms with E-state index >= 15 is 0 Å². The number of hydrogen-bond donors (Lipinski definition) is 3. The van der Waals surface area contributed by atoms with Crippen LogP contribution < -0.4 is 5.32 Å². The summed E-state index contributed by atoms with van der Waals surface area (Å²) in [6.45, 7) is 2.41. The van der Waals surface area contributed by atoms with Crippen molar-refractivity contribution in [3.8, 4) is 0 Å². The second-order valence-corrected chi connectivity index (χ2v) is 8.38. The summed E-state index contributed by atoms with van der Waals surface area (Å²) < 4.78 is 0. The Morgan fingerprint density at radius 1 is 0.875 bits per heavy atom. The highest BCUT2D eigenvalue weighted by molar-refractivity contribution is 5.85. The molecular weight excluding hydrogens is 400 g/mol. The molecule has 2 amide bonds. The van der Waals surface area contributed by atoms with Crippen LogP contribution in [0.4, 0.5) is 0 Å². The van der Waals surface area contributed by atoms with E-state index in [0.717, 1.165) is 27.5 Å². The predicted octanol–water partition coefficient (Wildman–Crippen LogP) is 4.18. The van der Waals surface area contributed by atoms with Gasteiger partial charge in [0, 0.05) is 66.7 Å². The molecule has 0 saturated carbocycles. The molecule has 4 rings (SSSR count). The molecule has 1 unspecified atom stereocenters. The highest BCUT2D eigenvalue weighted by Crippen LogP contribution is 2.20. The van der Waals surface area contributed by atoms with E-state index in [1.165, 1.54) is 5.39 Å². The number of aryl methyl sites for hydroxylation is 2. The van der Waals surface area contributed by atoms with E-state index in [1.807, 2.05) is 55.7 Å². The summed E-state index contributed by atoms with van der Waals surface area (Å²) in [4.78, 5) is 33.2. The molecule has 1 atom stereocenters. The summed E-state index contributed by atoms with van der Waals surface area (Å²) in [7, 11) is 1.81. The average molecular weight is 431 g/mol. The number of benzene rings is 2. The number of likely N-dealkylation sites (N-methyl/N-ethyl adjacent to an activating group) is 1. The van der Waals surface area contributed by atoms with Gasteiger partial charge in [0.1, 0.15) is 0 Å². The summed E-state index contributed by atoms with van der Waals surface area (Å²) in [5.74, 6) is 0.0811. The van der Waals surface area contributed by atoms with E-state index in [4.69, 9.17) is 0 Å². The molecule has 3 N–H and O–H groups in total. The van der Waals surface area contributed by atoms with Crippen LogP contribution in [-0.4, -0.2) is 46.3 Å². The topological polar surface area (TPSA) is 81.0 Å². The highest BCUT2D eigenvalue weighted by atomic mass is 16.2. The van der Waals surface area contributed by atoms with E-state index < -0.39 is 0 Å². The van der Waals surface area contributed by atoms with E-state index in [0.29, 0.717) is 32.2 Å². The molecule has 0 aliphatic carbocycles. The monoisotopic (exact) mass is 430 g/mol. The minimum atomic E-state index is -0.0671. The largest absolute Gasteiger partial charge is 0.361 e. The lowest BCUT2D eigenvalue weighted by Gasteiger charge is -2.25. The van der Waals surface area contributed by atoms with E-state index in [2.05, 4.69) is 27.4 Å². The van der Waals surface area contributed by atoms with Gasteiger partial charge in [0.15, 0.2) is 0 Å². The SMILES string of the molecule is CC(CNC(=O)CCc1c[nH]c2ccccc12)N(C)C(=O)CCc1c[nH]c2ccccc12. The first-order valence-electron chi connectivity index (χ1n) is 11.2. The molecule has 2 heterocycles. The standard InChI is InChI=1S/C26H30N4O2/c1-18(15-29-25(31)13-11-19-16-27-23-9-5-3-7-21(19)23)30(2)26(32)14-12-20-17-28-24-10-6-4-8-22(20)24/h3-10,16-18,27-28H,11-15H2,1-2H3,(H,29,31). The maximum Gasteiger partial charge on any atom is 0.222 e. The lowest BCUT2D eigenvalue weighted by molar-refractivity contribution is -0.132. The molecule has 0 saturated heterocycles. The maximum absolute atomic E-state index is 12.7. The van der Waals surface area contributed by atoms with Crippen molar-refractivity contribution < 1.29 is 9.59 Å². The number of aromatic amines is 2. The normalized spacial score (nSPS) is 12.2. The van der Waals surface area contributed by atoms with Crippen LogP contribution in [-0.2, 0) is 22.4 Å². The molecule has 0 spiro atoms. The Hall–Kier alpha value is -3.54. The molecule has 0 fully saturated rings. The zero-order valence-corrected chi connectivity index (χ0v) is 18.7. The number of aromatic nitrogens is 2. The Bertz CT molecular complexity index is 1220. The molecule has 0 bridgehead atoms. The molecule has 32 heavy (non-hydrogen) atoms. The van der Waals surface area contributed by atoms with Gasteiger partial charge in [-0.25, -0.2) is 0 Å². The summed E-state index contributed by atoms with van der Waals surface area (Å²) in [5.41, 5.74) is 4.48. The third kappa shape index (κ3) is 4.85. The molecular formula is C26H30N4O2. The Morgan fingerprint density at radius 3 is 2.00 bits per heavy atom. The van der Waals surface area contributed by atoms with Gasteiger partial charge < -0.3 is 20.2 Å². The van der Waals surface area contributed by atoms with E-state index in [9.17, 15) is 9.59 Å². The van der Waals surface area contributed by atoms with Crippen molar-refractivity contribution in [3.63, 3.8) is 0 Å². The third-order valence-electron chi connectivity index (χ3n) is 6.23. The first-order valence-corrected chi connectivity index (χ1v) is 11.2. The highest BCUT2D eigenvalue weighted by Gasteiger charge is 2.17. The molecule has 166 valence electrons. The van der Waals surface area contributed by atoms with Gasteiger partial charge in [-0.3, -0.25) is 9.59 Å². The quantitative estimate of drug-likeness (QED) is 0.372. The first-order chi connectivity index (χ1) is 15.5. The minimum absolute atomic E-state index is 0.00164. The summed E-state index contributed by atoms with van der Waals surface area (Å²) in [6.07, 6.45) is 6.19. The van der Waals surface area contributed by atoms with Crippen molar-refractivity contribution in [1.29, 1.82) is 0 Å². The van der Waals surface area contributed by atoms with E-state index in [-0.39, 0.29) is 17.9 Å². The van der Waals surface area contributed by atoms with Crippen molar-refractivity contribution in [2.24, 2.45) is 0 Å². The smallest absolute Gasteiger partial charge is 0.222 e. The second kappa shape index (κ2) is 9.73. The molecule has 6 nitrogen and oxygen atoms in total. The van der Waals surface area contributed by atoms with Gasteiger partial charge in [-0.05, 0) is 43.0 Å². The Balaban J connectivity index is 1.21. The Labute approximate surface area is 188 Å². The number of nitrogens with zero attached hydrogens (tertiary/aromatic N) is 1. The number of fused-ring (bicyclic) bond motifs is 2. The molecule has 0 aliphatic rings. The number of hydrogen-bond acceptors (Lipinski definition) is 2. The van der Waals surface area contributed by atoms with Crippen molar-refractivity contribution in [2.75, 3.05) is 13.6 Å². The van der Waals surface area contributed by atoms with Gasteiger partial charge >= 0.3 is 0 Å².